The van der Waals surface area contributed by atoms with Crippen LogP contribution in [-0.4, -0.2) is 35.6 Å². The number of aromatic nitrogens is 1. The van der Waals surface area contributed by atoms with E-state index in [-0.39, 0.29) is 5.91 Å². The van der Waals surface area contributed by atoms with Gasteiger partial charge in [0.25, 0.3) is 5.91 Å². The first-order valence-electron chi connectivity index (χ1n) is 11.3. The first-order chi connectivity index (χ1) is 15.6. The zero-order chi connectivity index (χ0) is 22.3. The molecule has 1 aliphatic rings. The van der Waals surface area contributed by atoms with E-state index < -0.39 is 0 Å². The number of aryl methyl sites for hydroxylation is 2. The highest BCUT2D eigenvalue weighted by atomic mass is 16.5. The van der Waals surface area contributed by atoms with E-state index in [1.54, 1.807) is 6.07 Å². The van der Waals surface area contributed by atoms with Crippen LogP contribution in [-0.2, 0) is 13.2 Å². The van der Waals surface area contributed by atoms with Crippen molar-refractivity contribution >= 4 is 5.91 Å². The van der Waals surface area contributed by atoms with E-state index in [0.29, 0.717) is 30.4 Å². The molecule has 1 fully saturated rings. The van der Waals surface area contributed by atoms with Gasteiger partial charge in [-0.25, -0.2) is 0 Å². The van der Waals surface area contributed by atoms with Crippen molar-refractivity contribution in [2.24, 2.45) is 5.92 Å². The van der Waals surface area contributed by atoms with E-state index >= 15 is 0 Å². The minimum absolute atomic E-state index is 0.0976. The molecule has 3 aromatic rings. The fourth-order valence-corrected chi connectivity index (χ4v) is 4.27. The molecule has 0 radical (unpaired) electrons. The lowest BCUT2D eigenvalue weighted by Gasteiger charge is -2.32. The summed E-state index contributed by atoms with van der Waals surface area (Å²) in [6.45, 7) is 7.81. The number of rotatable bonds is 8. The maximum atomic E-state index is 12.9. The number of carbonyl (C=O) groups is 1. The van der Waals surface area contributed by atoms with Crippen molar-refractivity contribution in [1.82, 2.24) is 15.4 Å². The van der Waals surface area contributed by atoms with Crippen LogP contribution in [0.3, 0.4) is 0 Å². The van der Waals surface area contributed by atoms with E-state index in [1.165, 1.54) is 5.56 Å². The number of piperidine rings is 1. The fourth-order valence-electron chi connectivity index (χ4n) is 4.27. The molecule has 0 saturated carbocycles. The number of benzene rings is 2. The van der Waals surface area contributed by atoms with Crippen LogP contribution < -0.4 is 10.1 Å². The van der Waals surface area contributed by atoms with Gasteiger partial charge in [0.15, 0.2) is 0 Å². The van der Waals surface area contributed by atoms with Crippen molar-refractivity contribution < 1.29 is 14.1 Å². The van der Waals surface area contributed by atoms with Crippen LogP contribution in [0, 0.1) is 19.8 Å². The number of hydrogen-bond donors (Lipinski definition) is 1. The summed E-state index contributed by atoms with van der Waals surface area (Å²) in [6.07, 6.45) is 2.29. The van der Waals surface area contributed by atoms with Crippen LogP contribution in [0.4, 0.5) is 0 Å². The van der Waals surface area contributed by atoms with Gasteiger partial charge in [-0.3, -0.25) is 9.69 Å². The topological polar surface area (TPSA) is 67.6 Å². The van der Waals surface area contributed by atoms with E-state index in [4.69, 9.17) is 9.26 Å². The van der Waals surface area contributed by atoms with Crippen LogP contribution in [0.15, 0.2) is 59.1 Å². The molecule has 32 heavy (non-hydrogen) atoms. The summed E-state index contributed by atoms with van der Waals surface area (Å²) < 4.78 is 11.2. The number of para-hydroxylation sites is 1. The molecule has 4 rings (SSSR count). The third-order valence-electron chi connectivity index (χ3n) is 6.09. The molecule has 2 heterocycles. The van der Waals surface area contributed by atoms with Crippen LogP contribution in [0.2, 0.25) is 0 Å². The second-order valence-electron chi connectivity index (χ2n) is 8.53. The normalized spacial score (nSPS) is 16.6. The molecule has 1 atom stereocenters. The lowest BCUT2D eigenvalue weighted by Crippen LogP contribution is -2.40. The number of nitrogens with one attached hydrogen (secondary N) is 1. The molecule has 6 heteroatoms. The van der Waals surface area contributed by atoms with Crippen molar-refractivity contribution in [3.05, 3.63) is 82.7 Å². The van der Waals surface area contributed by atoms with Crippen LogP contribution >= 0.6 is 0 Å². The third-order valence-corrected chi connectivity index (χ3v) is 6.09. The lowest BCUT2D eigenvalue weighted by atomic mass is 9.97. The number of ether oxygens (including phenoxy) is 1. The van der Waals surface area contributed by atoms with E-state index in [9.17, 15) is 4.79 Å². The van der Waals surface area contributed by atoms with Crippen molar-refractivity contribution in [1.29, 1.82) is 0 Å². The summed E-state index contributed by atoms with van der Waals surface area (Å²) in [4.78, 5) is 15.4. The Morgan fingerprint density at radius 3 is 2.72 bits per heavy atom. The summed E-state index contributed by atoms with van der Waals surface area (Å²) in [5.41, 5.74) is 3.61. The SMILES string of the molecule is Cc1noc(C)c1COc1ccccc1C(=O)NCC1CCCN(Cc2ccccc2)C1. The van der Waals surface area contributed by atoms with Gasteiger partial charge in [-0.05, 0) is 56.8 Å². The number of carbonyl (C=O) groups excluding carboxylic acids is 1. The highest BCUT2D eigenvalue weighted by Crippen LogP contribution is 2.22. The predicted octanol–water partition coefficient (Wildman–Crippen LogP) is 4.51. The quantitative estimate of drug-likeness (QED) is 0.566. The largest absolute Gasteiger partial charge is 0.488 e. The van der Waals surface area contributed by atoms with Gasteiger partial charge in [0.1, 0.15) is 18.1 Å². The Balaban J connectivity index is 1.32. The van der Waals surface area contributed by atoms with Gasteiger partial charge in [0.2, 0.25) is 0 Å². The Labute approximate surface area is 189 Å². The second-order valence-corrected chi connectivity index (χ2v) is 8.53. The Morgan fingerprint density at radius 2 is 1.94 bits per heavy atom. The smallest absolute Gasteiger partial charge is 0.255 e. The van der Waals surface area contributed by atoms with E-state index in [2.05, 4.69) is 39.6 Å². The second kappa shape index (κ2) is 10.5. The van der Waals surface area contributed by atoms with Gasteiger partial charge in [0, 0.05) is 19.6 Å². The first kappa shape index (κ1) is 22.1. The average Bonchev–Trinajstić information content (AvgIpc) is 3.14. The Bertz CT molecular complexity index is 1010. The van der Waals surface area contributed by atoms with Crippen LogP contribution in [0.1, 0.15) is 45.8 Å². The number of nitrogens with zero attached hydrogens (tertiary/aromatic N) is 2. The maximum Gasteiger partial charge on any atom is 0.255 e. The molecule has 0 spiro atoms. The molecule has 168 valence electrons. The Morgan fingerprint density at radius 1 is 1.16 bits per heavy atom. The molecule has 1 aliphatic heterocycles. The Hall–Kier alpha value is -3.12. The lowest BCUT2D eigenvalue weighted by molar-refractivity contribution is 0.0926. The average molecular weight is 434 g/mol. The molecule has 1 N–H and O–H groups in total. The number of hydrogen-bond acceptors (Lipinski definition) is 5. The highest BCUT2D eigenvalue weighted by Gasteiger charge is 2.21. The summed E-state index contributed by atoms with van der Waals surface area (Å²) in [5.74, 6) is 1.66. The molecule has 6 nitrogen and oxygen atoms in total. The Kier molecular flexibility index (Phi) is 7.22. The summed E-state index contributed by atoms with van der Waals surface area (Å²) >= 11 is 0. The van der Waals surface area contributed by atoms with Gasteiger partial charge in [-0.1, -0.05) is 47.6 Å². The molecular formula is C26H31N3O3. The molecule has 1 amide bonds. The molecule has 0 aliphatic carbocycles. The van der Waals surface area contributed by atoms with Crippen LogP contribution in [0.25, 0.3) is 0 Å². The van der Waals surface area contributed by atoms with Gasteiger partial charge in [-0.15, -0.1) is 0 Å². The van der Waals surface area contributed by atoms with Crippen molar-refractivity contribution in [2.75, 3.05) is 19.6 Å². The molecule has 1 unspecified atom stereocenters. The fraction of sp³-hybridized carbons (Fsp3) is 0.385. The molecular weight excluding hydrogens is 402 g/mol. The van der Waals surface area contributed by atoms with Gasteiger partial charge in [-0.2, -0.15) is 0 Å². The molecule has 1 saturated heterocycles. The molecule has 0 bridgehead atoms. The highest BCUT2D eigenvalue weighted by molar-refractivity contribution is 5.96. The zero-order valence-corrected chi connectivity index (χ0v) is 18.8. The van der Waals surface area contributed by atoms with Crippen molar-refractivity contribution in [2.45, 2.75) is 39.8 Å². The number of likely N-dealkylation sites (tertiary alicyclic amines) is 1. The summed E-state index contributed by atoms with van der Waals surface area (Å²) in [5, 5.41) is 7.09. The molecule has 1 aromatic heterocycles. The minimum atomic E-state index is -0.0976. The van der Waals surface area contributed by atoms with Gasteiger partial charge < -0.3 is 14.6 Å². The predicted molar refractivity (Wildman–Crippen MR) is 124 cm³/mol. The minimum Gasteiger partial charge on any atom is -0.488 e. The van der Waals surface area contributed by atoms with Crippen molar-refractivity contribution in [3.63, 3.8) is 0 Å². The summed E-state index contributed by atoms with van der Waals surface area (Å²) in [7, 11) is 0. The monoisotopic (exact) mass is 433 g/mol. The van der Waals surface area contributed by atoms with Crippen LogP contribution in [0.5, 0.6) is 5.75 Å². The molecule has 2 aromatic carbocycles. The maximum absolute atomic E-state index is 12.9. The van der Waals surface area contributed by atoms with E-state index in [1.807, 2.05) is 38.1 Å². The van der Waals surface area contributed by atoms with Gasteiger partial charge >= 0.3 is 0 Å². The first-order valence-corrected chi connectivity index (χ1v) is 11.3. The third kappa shape index (κ3) is 5.56. The zero-order valence-electron chi connectivity index (χ0n) is 18.8. The number of amides is 1. The van der Waals surface area contributed by atoms with E-state index in [0.717, 1.165) is 49.5 Å². The van der Waals surface area contributed by atoms with Crippen molar-refractivity contribution in [3.8, 4) is 5.75 Å². The summed E-state index contributed by atoms with van der Waals surface area (Å²) in [6, 6.07) is 17.9. The standard InChI is InChI=1S/C26H31N3O3/c1-19-24(20(2)32-28-19)18-31-25-13-7-6-12-23(25)26(30)27-15-22-11-8-14-29(17-22)16-21-9-4-3-5-10-21/h3-7,9-10,12-13,22H,8,11,14-18H2,1-2H3,(H,27,30). The van der Waals surface area contributed by atoms with Gasteiger partial charge in [0.05, 0.1) is 16.8 Å².